The summed E-state index contributed by atoms with van der Waals surface area (Å²) in [5.74, 6) is 0.636. The standard InChI is InChI=1S/C12H13ClN4/c1-8-5-15-3-2-9(8)6-16-12-11(13)4-10(14)7-17-12/h2-5,7H,6,14H2,1H3,(H,16,17). The molecule has 2 rings (SSSR count). The molecular weight excluding hydrogens is 236 g/mol. The van der Waals surface area contributed by atoms with E-state index in [0.29, 0.717) is 23.1 Å². The van der Waals surface area contributed by atoms with Crippen molar-refractivity contribution >= 4 is 23.1 Å². The zero-order chi connectivity index (χ0) is 12.3. The van der Waals surface area contributed by atoms with E-state index in [1.54, 1.807) is 18.5 Å². The van der Waals surface area contributed by atoms with Crippen LogP contribution in [0, 0.1) is 6.92 Å². The highest BCUT2D eigenvalue weighted by Gasteiger charge is 2.03. The Kier molecular flexibility index (Phi) is 3.44. The van der Waals surface area contributed by atoms with E-state index in [1.165, 1.54) is 0 Å². The van der Waals surface area contributed by atoms with Gasteiger partial charge in [-0.25, -0.2) is 4.98 Å². The highest BCUT2D eigenvalue weighted by Crippen LogP contribution is 2.21. The van der Waals surface area contributed by atoms with Gasteiger partial charge in [0.05, 0.1) is 16.9 Å². The number of hydrogen-bond acceptors (Lipinski definition) is 4. The molecule has 0 saturated carbocycles. The lowest BCUT2D eigenvalue weighted by Crippen LogP contribution is -2.04. The third-order valence-corrected chi connectivity index (χ3v) is 2.73. The van der Waals surface area contributed by atoms with Crippen molar-refractivity contribution in [1.82, 2.24) is 9.97 Å². The topological polar surface area (TPSA) is 63.8 Å². The number of nitrogen functional groups attached to an aromatic ring is 1. The normalized spacial score (nSPS) is 10.2. The highest BCUT2D eigenvalue weighted by atomic mass is 35.5. The molecule has 0 aromatic carbocycles. The van der Waals surface area contributed by atoms with Crippen LogP contribution < -0.4 is 11.1 Å². The van der Waals surface area contributed by atoms with Gasteiger partial charge in [-0.15, -0.1) is 0 Å². The zero-order valence-corrected chi connectivity index (χ0v) is 10.2. The Balaban J connectivity index is 2.10. The molecule has 0 atom stereocenters. The number of aromatic nitrogens is 2. The van der Waals surface area contributed by atoms with Crippen LogP contribution in [0.5, 0.6) is 0 Å². The average molecular weight is 249 g/mol. The van der Waals surface area contributed by atoms with Crippen LogP contribution in [0.2, 0.25) is 5.02 Å². The van der Waals surface area contributed by atoms with Gasteiger partial charge >= 0.3 is 0 Å². The van der Waals surface area contributed by atoms with Crippen molar-refractivity contribution in [3.8, 4) is 0 Å². The van der Waals surface area contributed by atoms with Crippen LogP contribution in [-0.4, -0.2) is 9.97 Å². The second kappa shape index (κ2) is 5.01. The summed E-state index contributed by atoms with van der Waals surface area (Å²) in [5, 5.41) is 3.70. The fourth-order valence-electron chi connectivity index (χ4n) is 1.46. The first kappa shape index (κ1) is 11.7. The Bertz CT molecular complexity index is 528. The quantitative estimate of drug-likeness (QED) is 0.877. The van der Waals surface area contributed by atoms with Gasteiger partial charge in [-0.05, 0) is 30.2 Å². The van der Waals surface area contributed by atoms with Crippen LogP contribution >= 0.6 is 11.6 Å². The Morgan fingerprint density at radius 1 is 1.41 bits per heavy atom. The minimum atomic E-state index is 0.525. The van der Waals surface area contributed by atoms with Gasteiger partial charge in [0.1, 0.15) is 5.82 Å². The summed E-state index contributed by atoms with van der Waals surface area (Å²) in [4.78, 5) is 8.18. The molecule has 3 N–H and O–H groups in total. The Labute approximate surface area is 105 Å². The molecule has 0 fully saturated rings. The van der Waals surface area contributed by atoms with Crippen molar-refractivity contribution < 1.29 is 0 Å². The maximum absolute atomic E-state index is 6.02. The minimum Gasteiger partial charge on any atom is -0.397 e. The van der Waals surface area contributed by atoms with Gasteiger partial charge in [0.25, 0.3) is 0 Å². The number of nitrogens with zero attached hydrogens (tertiary/aromatic N) is 2. The summed E-state index contributed by atoms with van der Waals surface area (Å²) < 4.78 is 0. The summed E-state index contributed by atoms with van der Waals surface area (Å²) in [6.45, 7) is 2.67. The van der Waals surface area contributed by atoms with Crippen LogP contribution in [0.15, 0.2) is 30.7 Å². The van der Waals surface area contributed by atoms with E-state index in [0.717, 1.165) is 11.1 Å². The van der Waals surface area contributed by atoms with E-state index >= 15 is 0 Å². The maximum Gasteiger partial charge on any atom is 0.145 e. The number of hydrogen-bond donors (Lipinski definition) is 2. The summed E-state index contributed by atoms with van der Waals surface area (Å²) >= 11 is 6.02. The first-order valence-electron chi connectivity index (χ1n) is 5.21. The lowest BCUT2D eigenvalue weighted by Gasteiger charge is -2.09. The first-order chi connectivity index (χ1) is 8.16. The SMILES string of the molecule is Cc1cnccc1CNc1ncc(N)cc1Cl. The molecule has 2 heterocycles. The smallest absolute Gasteiger partial charge is 0.145 e. The molecule has 5 heteroatoms. The van der Waals surface area contributed by atoms with Crippen LogP contribution in [-0.2, 0) is 6.54 Å². The minimum absolute atomic E-state index is 0.525. The van der Waals surface area contributed by atoms with Gasteiger partial charge < -0.3 is 11.1 Å². The Hall–Kier alpha value is -1.81. The second-order valence-electron chi connectivity index (χ2n) is 3.75. The van der Waals surface area contributed by atoms with Crippen LogP contribution in [0.4, 0.5) is 11.5 Å². The van der Waals surface area contributed by atoms with Crippen molar-refractivity contribution in [2.75, 3.05) is 11.1 Å². The largest absolute Gasteiger partial charge is 0.397 e. The molecule has 2 aromatic rings. The third kappa shape index (κ3) is 2.85. The predicted octanol–water partition coefficient (Wildman–Crippen LogP) is 2.63. The van der Waals surface area contributed by atoms with Crippen LogP contribution in [0.1, 0.15) is 11.1 Å². The maximum atomic E-state index is 6.02. The van der Waals surface area contributed by atoms with Crippen LogP contribution in [0.25, 0.3) is 0 Å². The zero-order valence-electron chi connectivity index (χ0n) is 9.44. The van der Waals surface area contributed by atoms with Crippen molar-refractivity contribution in [3.63, 3.8) is 0 Å². The van der Waals surface area contributed by atoms with E-state index in [2.05, 4.69) is 15.3 Å². The van der Waals surface area contributed by atoms with Crippen molar-refractivity contribution in [2.45, 2.75) is 13.5 Å². The molecule has 4 nitrogen and oxygen atoms in total. The highest BCUT2D eigenvalue weighted by molar-refractivity contribution is 6.33. The lowest BCUT2D eigenvalue weighted by molar-refractivity contribution is 1.07. The first-order valence-corrected chi connectivity index (χ1v) is 5.59. The average Bonchev–Trinajstić information content (AvgIpc) is 2.30. The van der Waals surface area contributed by atoms with Gasteiger partial charge in [-0.2, -0.15) is 0 Å². The van der Waals surface area contributed by atoms with E-state index in [9.17, 15) is 0 Å². The molecular formula is C12H13ClN4. The molecule has 0 aliphatic carbocycles. The van der Waals surface area contributed by atoms with E-state index in [1.807, 2.05) is 19.2 Å². The fraction of sp³-hybridized carbons (Fsp3) is 0.167. The number of halogens is 1. The molecule has 0 saturated heterocycles. The summed E-state index contributed by atoms with van der Waals surface area (Å²) in [7, 11) is 0. The van der Waals surface area contributed by atoms with Gasteiger partial charge in [-0.1, -0.05) is 11.6 Å². The molecule has 0 spiro atoms. The molecule has 0 radical (unpaired) electrons. The van der Waals surface area contributed by atoms with Crippen molar-refractivity contribution in [2.24, 2.45) is 0 Å². The molecule has 2 aromatic heterocycles. The van der Waals surface area contributed by atoms with Crippen LogP contribution in [0.3, 0.4) is 0 Å². The molecule has 0 aliphatic rings. The monoisotopic (exact) mass is 248 g/mol. The van der Waals surface area contributed by atoms with Crippen molar-refractivity contribution in [1.29, 1.82) is 0 Å². The number of pyridine rings is 2. The molecule has 17 heavy (non-hydrogen) atoms. The number of nitrogens with two attached hydrogens (primary N) is 1. The molecule has 0 aliphatic heterocycles. The van der Waals surface area contributed by atoms with Gasteiger partial charge in [0, 0.05) is 18.9 Å². The second-order valence-corrected chi connectivity index (χ2v) is 4.16. The van der Waals surface area contributed by atoms with Gasteiger partial charge in [0.2, 0.25) is 0 Å². The van der Waals surface area contributed by atoms with Gasteiger partial charge in [0.15, 0.2) is 0 Å². The fourth-order valence-corrected chi connectivity index (χ4v) is 1.70. The van der Waals surface area contributed by atoms with Crippen molar-refractivity contribution in [3.05, 3.63) is 46.9 Å². The molecule has 0 bridgehead atoms. The number of rotatable bonds is 3. The van der Waals surface area contributed by atoms with E-state index in [-0.39, 0.29) is 0 Å². The Morgan fingerprint density at radius 2 is 2.24 bits per heavy atom. The van der Waals surface area contributed by atoms with E-state index in [4.69, 9.17) is 17.3 Å². The number of anilines is 2. The summed E-state index contributed by atoms with van der Waals surface area (Å²) in [5.41, 5.74) is 8.42. The van der Waals surface area contributed by atoms with E-state index < -0.39 is 0 Å². The molecule has 88 valence electrons. The Morgan fingerprint density at radius 3 is 2.94 bits per heavy atom. The molecule has 0 unspecified atom stereocenters. The number of nitrogens with one attached hydrogen (secondary N) is 1. The third-order valence-electron chi connectivity index (χ3n) is 2.45. The summed E-state index contributed by atoms with van der Waals surface area (Å²) in [6, 6.07) is 3.64. The summed E-state index contributed by atoms with van der Waals surface area (Å²) in [6.07, 6.45) is 5.17. The predicted molar refractivity (Wildman–Crippen MR) is 70.0 cm³/mol. The molecule has 0 amide bonds. The number of aryl methyl sites for hydroxylation is 1. The van der Waals surface area contributed by atoms with Gasteiger partial charge in [-0.3, -0.25) is 4.98 Å². The lowest BCUT2D eigenvalue weighted by atomic mass is 10.1.